The van der Waals surface area contributed by atoms with Gasteiger partial charge in [-0.15, -0.1) is 0 Å². The van der Waals surface area contributed by atoms with Crippen molar-refractivity contribution in [1.82, 2.24) is 5.32 Å². The molecular weight excluding hydrogens is 262 g/mol. The maximum Gasteiger partial charge on any atom is 0.407 e. The third-order valence-electron chi connectivity index (χ3n) is 3.08. The van der Waals surface area contributed by atoms with Gasteiger partial charge in [0.2, 0.25) is 0 Å². The van der Waals surface area contributed by atoms with Crippen LogP contribution in [0.25, 0.3) is 6.08 Å². The van der Waals surface area contributed by atoms with Crippen LogP contribution in [0.4, 0.5) is 4.79 Å². The first-order valence-electron chi connectivity index (χ1n) is 6.94. The Morgan fingerprint density at radius 1 is 1.10 bits per heavy atom. The summed E-state index contributed by atoms with van der Waals surface area (Å²) in [6, 6.07) is 17.7. The van der Waals surface area contributed by atoms with Crippen LogP contribution in [-0.4, -0.2) is 12.6 Å². The van der Waals surface area contributed by atoms with Crippen LogP contribution < -0.4 is 5.32 Å². The normalized spacial score (nSPS) is 9.90. The average molecular weight is 281 g/mol. The SMILES string of the molecule is C=Cc1cccc(CCNC(=O)OCc2ccccc2)c1. The Labute approximate surface area is 125 Å². The van der Waals surface area contributed by atoms with E-state index in [9.17, 15) is 4.79 Å². The monoisotopic (exact) mass is 281 g/mol. The molecule has 0 aliphatic rings. The van der Waals surface area contributed by atoms with Gasteiger partial charge in [0, 0.05) is 6.54 Å². The number of hydrogen-bond donors (Lipinski definition) is 1. The average Bonchev–Trinajstić information content (AvgIpc) is 2.54. The molecule has 0 aliphatic carbocycles. The number of alkyl carbamates (subject to hydrolysis) is 1. The first-order valence-corrected chi connectivity index (χ1v) is 6.94. The third kappa shape index (κ3) is 5.15. The highest BCUT2D eigenvalue weighted by atomic mass is 16.5. The lowest BCUT2D eigenvalue weighted by Gasteiger charge is -2.07. The van der Waals surface area contributed by atoms with E-state index < -0.39 is 6.09 Å². The highest BCUT2D eigenvalue weighted by Crippen LogP contribution is 2.06. The number of carbonyl (C=O) groups is 1. The van der Waals surface area contributed by atoms with Gasteiger partial charge in [-0.2, -0.15) is 0 Å². The molecule has 3 nitrogen and oxygen atoms in total. The molecule has 0 bridgehead atoms. The molecule has 2 aromatic rings. The molecule has 2 rings (SSSR count). The van der Waals surface area contributed by atoms with E-state index in [1.165, 1.54) is 0 Å². The van der Waals surface area contributed by atoms with Crippen molar-refractivity contribution in [3.8, 4) is 0 Å². The van der Waals surface area contributed by atoms with Gasteiger partial charge in [0.15, 0.2) is 0 Å². The smallest absolute Gasteiger partial charge is 0.407 e. The first kappa shape index (κ1) is 14.9. The second-order valence-electron chi connectivity index (χ2n) is 4.69. The van der Waals surface area contributed by atoms with Crippen LogP contribution >= 0.6 is 0 Å². The van der Waals surface area contributed by atoms with Crippen molar-refractivity contribution in [2.24, 2.45) is 0 Å². The predicted octanol–water partition coefficient (Wildman–Crippen LogP) is 3.80. The van der Waals surface area contributed by atoms with Gasteiger partial charge in [0.1, 0.15) is 6.61 Å². The van der Waals surface area contributed by atoms with Crippen LogP contribution in [0.2, 0.25) is 0 Å². The highest BCUT2D eigenvalue weighted by Gasteiger charge is 2.02. The van der Waals surface area contributed by atoms with E-state index in [-0.39, 0.29) is 0 Å². The number of amides is 1. The zero-order chi connectivity index (χ0) is 14.9. The molecule has 0 atom stereocenters. The summed E-state index contributed by atoms with van der Waals surface area (Å²) in [7, 11) is 0. The van der Waals surface area contributed by atoms with Crippen LogP contribution in [0.5, 0.6) is 0 Å². The van der Waals surface area contributed by atoms with Gasteiger partial charge < -0.3 is 10.1 Å². The predicted molar refractivity (Wildman–Crippen MR) is 84.9 cm³/mol. The van der Waals surface area contributed by atoms with Crippen molar-refractivity contribution in [3.63, 3.8) is 0 Å². The Balaban J connectivity index is 1.70. The zero-order valence-corrected chi connectivity index (χ0v) is 11.9. The van der Waals surface area contributed by atoms with Crippen molar-refractivity contribution in [2.75, 3.05) is 6.54 Å². The molecule has 0 aromatic heterocycles. The zero-order valence-electron chi connectivity index (χ0n) is 11.9. The van der Waals surface area contributed by atoms with Gasteiger partial charge in [-0.05, 0) is 23.1 Å². The summed E-state index contributed by atoms with van der Waals surface area (Å²) in [6.45, 7) is 4.58. The van der Waals surface area contributed by atoms with Crippen molar-refractivity contribution in [1.29, 1.82) is 0 Å². The van der Waals surface area contributed by atoms with Crippen LogP contribution in [-0.2, 0) is 17.8 Å². The summed E-state index contributed by atoms with van der Waals surface area (Å²) in [5.74, 6) is 0. The summed E-state index contributed by atoms with van der Waals surface area (Å²) in [5.41, 5.74) is 3.22. The topological polar surface area (TPSA) is 38.3 Å². The van der Waals surface area contributed by atoms with Crippen LogP contribution in [0, 0.1) is 0 Å². The Bertz CT molecular complexity index is 593. The maximum absolute atomic E-state index is 11.6. The minimum absolute atomic E-state index is 0.290. The molecule has 0 saturated heterocycles. The summed E-state index contributed by atoms with van der Waals surface area (Å²) in [5, 5.41) is 2.75. The Kier molecular flexibility index (Phi) is 5.59. The van der Waals surface area contributed by atoms with Gasteiger partial charge in [0.05, 0.1) is 0 Å². The molecule has 21 heavy (non-hydrogen) atoms. The molecule has 0 spiro atoms. The quantitative estimate of drug-likeness (QED) is 0.874. The fourth-order valence-electron chi connectivity index (χ4n) is 1.96. The van der Waals surface area contributed by atoms with Gasteiger partial charge in [0.25, 0.3) is 0 Å². The van der Waals surface area contributed by atoms with E-state index in [0.717, 1.165) is 23.1 Å². The van der Waals surface area contributed by atoms with E-state index in [1.807, 2.05) is 54.6 Å². The molecule has 0 heterocycles. The molecule has 2 aromatic carbocycles. The molecule has 3 heteroatoms. The standard InChI is InChI=1S/C18H19NO2/c1-2-15-9-6-10-16(13-15)11-12-19-18(20)21-14-17-7-4-3-5-8-17/h2-10,13H,1,11-12,14H2,(H,19,20). The van der Waals surface area contributed by atoms with Gasteiger partial charge in [-0.1, -0.05) is 67.3 Å². The molecular formula is C18H19NO2. The molecule has 0 unspecified atom stereocenters. The number of nitrogens with one attached hydrogen (secondary N) is 1. The highest BCUT2D eigenvalue weighted by molar-refractivity contribution is 5.67. The first-order chi connectivity index (χ1) is 10.3. The van der Waals surface area contributed by atoms with Crippen molar-refractivity contribution < 1.29 is 9.53 Å². The minimum atomic E-state index is -0.390. The summed E-state index contributed by atoms with van der Waals surface area (Å²) in [6.07, 6.45) is 2.19. The van der Waals surface area contributed by atoms with Crippen molar-refractivity contribution >= 4 is 12.2 Å². The fraction of sp³-hybridized carbons (Fsp3) is 0.167. The lowest BCUT2D eigenvalue weighted by Crippen LogP contribution is -2.26. The van der Waals surface area contributed by atoms with Crippen LogP contribution in [0.15, 0.2) is 61.2 Å². The van der Waals surface area contributed by atoms with Gasteiger partial charge in [-0.3, -0.25) is 0 Å². The third-order valence-corrected chi connectivity index (χ3v) is 3.08. The molecule has 108 valence electrons. The lowest BCUT2D eigenvalue weighted by molar-refractivity contribution is 0.140. The Hall–Kier alpha value is -2.55. The molecule has 0 saturated carbocycles. The van der Waals surface area contributed by atoms with Gasteiger partial charge >= 0.3 is 6.09 Å². The van der Waals surface area contributed by atoms with E-state index in [0.29, 0.717) is 13.2 Å². The molecule has 1 amide bonds. The summed E-state index contributed by atoms with van der Waals surface area (Å²) >= 11 is 0. The molecule has 0 aliphatic heterocycles. The molecule has 0 fully saturated rings. The van der Waals surface area contributed by atoms with Crippen molar-refractivity contribution in [3.05, 3.63) is 77.9 Å². The van der Waals surface area contributed by atoms with Gasteiger partial charge in [-0.25, -0.2) is 4.79 Å². The minimum Gasteiger partial charge on any atom is -0.445 e. The largest absolute Gasteiger partial charge is 0.445 e. The number of rotatable bonds is 6. The summed E-state index contributed by atoms with van der Waals surface area (Å²) in [4.78, 5) is 11.6. The molecule has 1 N–H and O–H groups in total. The van der Waals surface area contributed by atoms with E-state index >= 15 is 0 Å². The van der Waals surface area contributed by atoms with E-state index in [2.05, 4.69) is 18.0 Å². The second kappa shape index (κ2) is 7.90. The van der Waals surface area contributed by atoms with Crippen LogP contribution in [0.1, 0.15) is 16.7 Å². The number of benzene rings is 2. The molecule has 0 radical (unpaired) electrons. The Morgan fingerprint density at radius 2 is 1.86 bits per heavy atom. The maximum atomic E-state index is 11.6. The number of hydrogen-bond acceptors (Lipinski definition) is 2. The summed E-state index contributed by atoms with van der Waals surface area (Å²) < 4.78 is 5.14. The van der Waals surface area contributed by atoms with E-state index in [4.69, 9.17) is 4.74 Å². The van der Waals surface area contributed by atoms with Crippen LogP contribution in [0.3, 0.4) is 0 Å². The number of carbonyl (C=O) groups excluding carboxylic acids is 1. The Morgan fingerprint density at radius 3 is 2.62 bits per heavy atom. The second-order valence-corrected chi connectivity index (χ2v) is 4.69. The fourth-order valence-corrected chi connectivity index (χ4v) is 1.96. The van der Waals surface area contributed by atoms with E-state index in [1.54, 1.807) is 0 Å². The lowest BCUT2D eigenvalue weighted by atomic mass is 10.1. The van der Waals surface area contributed by atoms with Crippen molar-refractivity contribution in [2.45, 2.75) is 13.0 Å². The number of ether oxygens (including phenoxy) is 1.